The van der Waals surface area contributed by atoms with Crippen molar-refractivity contribution >= 4 is 11.8 Å². The predicted octanol–water partition coefficient (Wildman–Crippen LogP) is 2.84. The molecular weight excluding hydrogens is 404 g/mol. The summed E-state index contributed by atoms with van der Waals surface area (Å²) in [6.07, 6.45) is 0.641. The second-order valence-electron chi connectivity index (χ2n) is 8.05. The van der Waals surface area contributed by atoms with Crippen molar-refractivity contribution in [1.82, 2.24) is 19.6 Å². The first-order chi connectivity index (χ1) is 15.4. The molecule has 7 heteroatoms. The second-order valence-corrected chi connectivity index (χ2v) is 8.05. The van der Waals surface area contributed by atoms with E-state index in [0.29, 0.717) is 43.9 Å². The molecule has 1 aliphatic rings. The van der Waals surface area contributed by atoms with Gasteiger partial charge in [-0.1, -0.05) is 35.9 Å². The van der Waals surface area contributed by atoms with E-state index in [2.05, 4.69) is 5.10 Å². The molecule has 7 nitrogen and oxygen atoms in total. The van der Waals surface area contributed by atoms with Crippen LogP contribution in [0.1, 0.15) is 38.5 Å². The number of aromatic nitrogens is 2. The molecular formula is C25H26N4O3. The highest BCUT2D eigenvalue weighted by molar-refractivity contribution is 5.95. The molecule has 2 amide bonds. The molecule has 1 saturated heterocycles. The van der Waals surface area contributed by atoms with Crippen LogP contribution in [0.4, 0.5) is 0 Å². The maximum absolute atomic E-state index is 13.2. The topological polar surface area (TPSA) is 75.5 Å². The Balaban J connectivity index is 1.53. The van der Waals surface area contributed by atoms with Crippen LogP contribution in [0.3, 0.4) is 0 Å². The van der Waals surface area contributed by atoms with E-state index in [1.807, 2.05) is 61.5 Å². The zero-order valence-electron chi connectivity index (χ0n) is 18.3. The first-order valence-corrected chi connectivity index (χ1v) is 10.8. The van der Waals surface area contributed by atoms with Gasteiger partial charge in [0.25, 0.3) is 11.8 Å². The normalized spacial score (nSPS) is 14.2. The highest BCUT2D eigenvalue weighted by atomic mass is 16.2. The van der Waals surface area contributed by atoms with Crippen LogP contribution in [0.2, 0.25) is 0 Å². The number of benzene rings is 2. The lowest BCUT2D eigenvalue weighted by Gasteiger charge is -2.22. The van der Waals surface area contributed by atoms with Gasteiger partial charge in [-0.15, -0.1) is 0 Å². The van der Waals surface area contributed by atoms with Gasteiger partial charge in [-0.05, 0) is 44.5 Å². The van der Waals surface area contributed by atoms with Crippen LogP contribution in [0.25, 0.3) is 5.69 Å². The SMILES string of the molecule is Cc1cccc(C(=O)N2CCCN(C(=O)c3nn(-c4ccccc4)c(C)cc3=O)CC2)c1. The van der Waals surface area contributed by atoms with Gasteiger partial charge < -0.3 is 9.80 Å². The lowest BCUT2D eigenvalue weighted by molar-refractivity contribution is 0.0713. The molecule has 164 valence electrons. The molecule has 1 fully saturated rings. The minimum Gasteiger partial charge on any atom is -0.337 e. The Kier molecular flexibility index (Phi) is 6.16. The summed E-state index contributed by atoms with van der Waals surface area (Å²) < 4.78 is 1.61. The van der Waals surface area contributed by atoms with Gasteiger partial charge in [-0.2, -0.15) is 5.10 Å². The Morgan fingerprint density at radius 2 is 1.50 bits per heavy atom. The fourth-order valence-electron chi connectivity index (χ4n) is 3.96. The van der Waals surface area contributed by atoms with Crippen LogP contribution >= 0.6 is 0 Å². The molecule has 4 rings (SSSR count). The number of nitrogens with zero attached hydrogens (tertiary/aromatic N) is 4. The van der Waals surface area contributed by atoms with Crippen LogP contribution < -0.4 is 5.43 Å². The molecule has 0 saturated carbocycles. The van der Waals surface area contributed by atoms with E-state index in [-0.39, 0.29) is 11.6 Å². The Labute approximate surface area is 186 Å². The molecule has 2 heterocycles. The second kappa shape index (κ2) is 9.18. The summed E-state index contributed by atoms with van der Waals surface area (Å²) in [7, 11) is 0. The third kappa shape index (κ3) is 4.46. The average Bonchev–Trinajstić information content (AvgIpc) is 3.05. The largest absolute Gasteiger partial charge is 0.337 e. The van der Waals surface area contributed by atoms with Crippen LogP contribution in [0, 0.1) is 13.8 Å². The van der Waals surface area contributed by atoms with Gasteiger partial charge in [0.1, 0.15) is 0 Å². The number of para-hydroxylation sites is 1. The monoisotopic (exact) mass is 430 g/mol. The number of hydrogen-bond acceptors (Lipinski definition) is 4. The highest BCUT2D eigenvalue weighted by Crippen LogP contribution is 2.13. The smallest absolute Gasteiger partial charge is 0.278 e. The number of hydrogen-bond donors (Lipinski definition) is 0. The quantitative estimate of drug-likeness (QED) is 0.640. The van der Waals surface area contributed by atoms with Crippen molar-refractivity contribution in [2.24, 2.45) is 0 Å². The predicted molar refractivity (Wildman–Crippen MR) is 122 cm³/mol. The van der Waals surface area contributed by atoms with Crippen molar-refractivity contribution in [2.75, 3.05) is 26.2 Å². The lowest BCUT2D eigenvalue weighted by atomic mass is 10.1. The van der Waals surface area contributed by atoms with Gasteiger partial charge in [0.2, 0.25) is 5.43 Å². The van der Waals surface area contributed by atoms with Crippen LogP contribution in [0.5, 0.6) is 0 Å². The summed E-state index contributed by atoms with van der Waals surface area (Å²) in [6.45, 7) is 5.55. The molecule has 0 N–H and O–H groups in total. The Morgan fingerprint density at radius 3 is 2.19 bits per heavy atom. The molecule has 0 radical (unpaired) electrons. The minimum absolute atomic E-state index is 0.0390. The maximum atomic E-state index is 13.2. The summed E-state index contributed by atoms with van der Waals surface area (Å²) in [5.41, 5.74) is 2.63. The summed E-state index contributed by atoms with van der Waals surface area (Å²) in [5.74, 6) is -0.438. The summed E-state index contributed by atoms with van der Waals surface area (Å²) in [4.78, 5) is 42.1. The zero-order chi connectivity index (χ0) is 22.7. The van der Waals surface area contributed by atoms with Gasteiger partial charge in [0.05, 0.1) is 5.69 Å². The maximum Gasteiger partial charge on any atom is 0.278 e. The molecule has 0 spiro atoms. The van der Waals surface area contributed by atoms with Crippen LogP contribution in [-0.2, 0) is 0 Å². The van der Waals surface area contributed by atoms with Crippen molar-refractivity contribution in [3.8, 4) is 5.69 Å². The van der Waals surface area contributed by atoms with Gasteiger partial charge >= 0.3 is 0 Å². The lowest BCUT2D eigenvalue weighted by Crippen LogP contribution is -2.39. The zero-order valence-corrected chi connectivity index (χ0v) is 18.3. The van der Waals surface area contributed by atoms with E-state index in [4.69, 9.17) is 0 Å². The number of carbonyl (C=O) groups is 2. The third-order valence-corrected chi connectivity index (χ3v) is 5.65. The molecule has 1 aromatic heterocycles. The van der Waals surface area contributed by atoms with E-state index in [0.717, 1.165) is 11.3 Å². The number of amides is 2. The van der Waals surface area contributed by atoms with E-state index in [1.165, 1.54) is 6.07 Å². The summed E-state index contributed by atoms with van der Waals surface area (Å²) in [5, 5.41) is 4.39. The Hall–Kier alpha value is -3.74. The average molecular weight is 431 g/mol. The standard InChI is InChI=1S/C25H26N4O3/c1-18-8-6-9-20(16-18)24(31)27-12-7-13-28(15-14-27)25(32)23-22(30)17-19(2)29(26-23)21-10-4-3-5-11-21/h3-6,8-11,16-17H,7,12-15H2,1-2H3. The highest BCUT2D eigenvalue weighted by Gasteiger charge is 2.26. The van der Waals surface area contributed by atoms with Gasteiger partial charge in [0.15, 0.2) is 5.69 Å². The molecule has 1 aliphatic heterocycles. The molecule has 0 aliphatic carbocycles. The molecule has 0 unspecified atom stereocenters. The van der Waals surface area contributed by atoms with Crippen LogP contribution in [0.15, 0.2) is 65.5 Å². The molecule has 3 aromatic rings. The fourth-order valence-corrected chi connectivity index (χ4v) is 3.96. The first-order valence-electron chi connectivity index (χ1n) is 10.8. The third-order valence-electron chi connectivity index (χ3n) is 5.65. The number of aryl methyl sites for hydroxylation is 2. The fraction of sp³-hybridized carbons (Fsp3) is 0.280. The van der Waals surface area contributed by atoms with E-state index >= 15 is 0 Å². The summed E-state index contributed by atoms with van der Waals surface area (Å²) in [6, 6.07) is 18.4. The number of rotatable bonds is 3. The minimum atomic E-state index is -0.399. The Bertz CT molecular complexity index is 1200. The molecule has 0 bridgehead atoms. The van der Waals surface area contributed by atoms with Crippen molar-refractivity contribution in [3.63, 3.8) is 0 Å². The van der Waals surface area contributed by atoms with E-state index in [1.54, 1.807) is 21.4 Å². The number of carbonyl (C=O) groups excluding carboxylic acids is 2. The van der Waals surface area contributed by atoms with Gasteiger partial charge in [0, 0.05) is 43.5 Å². The summed E-state index contributed by atoms with van der Waals surface area (Å²) >= 11 is 0. The van der Waals surface area contributed by atoms with Crippen molar-refractivity contribution < 1.29 is 9.59 Å². The van der Waals surface area contributed by atoms with E-state index in [9.17, 15) is 14.4 Å². The van der Waals surface area contributed by atoms with Crippen molar-refractivity contribution in [3.05, 3.63) is 93.4 Å². The van der Waals surface area contributed by atoms with Crippen molar-refractivity contribution in [1.29, 1.82) is 0 Å². The van der Waals surface area contributed by atoms with Gasteiger partial charge in [-0.25, -0.2) is 4.68 Å². The van der Waals surface area contributed by atoms with Crippen molar-refractivity contribution in [2.45, 2.75) is 20.3 Å². The molecule has 2 aromatic carbocycles. The van der Waals surface area contributed by atoms with Crippen LogP contribution in [-0.4, -0.2) is 57.6 Å². The molecule has 0 atom stereocenters. The van der Waals surface area contributed by atoms with Gasteiger partial charge in [-0.3, -0.25) is 14.4 Å². The molecule has 32 heavy (non-hydrogen) atoms. The Morgan fingerprint density at radius 1 is 0.812 bits per heavy atom. The first kappa shape index (κ1) is 21.5. The van der Waals surface area contributed by atoms with E-state index < -0.39 is 11.3 Å².